The van der Waals surface area contributed by atoms with E-state index in [0.29, 0.717) is 6.04 Å². The first-order valence-electron chi connectivity index (χ1n) is 6.17. The minimum absolute atomic E-state index is 0.0308. The minimum Gasteiger partial charge on any atom is -0.370 e. The predicted octanol–water partition coefficient (Wildman–Crippen LogP) is 2.60. The number of nitrogens with one attached hydrogen (secondary N) is 1. The van der Waals surface area contributed by atoms with Gasteiger partial charge in [0.25, 0.3) is 0 Å². The third-order valence-corrected chi connectivity index (χ3v) is 4.90. The number of hydrogen-bond donors (Lipinski definition) is 1. The molecule has 1 unspecified atom stereocenters. The van der Waals surface area contributed by atoms with Gasteiger partial charge in [-0.2, -0.15) is 0 Å². The number of rotatable bonds is 0. The van der Waals surface area contributed by atoms with Crippen LogP contribution in [0.4, 0.5) is 0 Å². The third-order valence-electron chi connectivity index (χ3n) is 3.79. The van der Waals surface area contributed by atoms with Crippen molar-refractivity contribution in [1.82, 2.24) is 5.32 Å². The molecular weight excluding hydrogens is 218 g/mol. The number of thiophene rings is 1. The van der Waals surface area contributed by atoms with Crippen LogP contribution in [0.5, 0.6) is 0 Å². The molecule has 0 aliphatic carbocycles. The molecule has 0 radical (unpaired) electrons. The first-order chi connectivity index (χ1) is 7.70. The van der Waals surface area contributed by atoms with Gasteiger partial charge in [0.15, 0.2) is 0 Å². The molecule has 2 atom stereocenters. The second-order valence-corrected chi connectivity index (χ2v) is 6.44. The van der Waals surface area contributed by atoms with Gasteiger partial charge < -0.3 is 10.1 Å². The van der Waals surface area contributed by atoms with Crippen LogP contribution in [-0.4, -0.2) is 19.2 Å². The van der Waals surface area contributed by atoms with Crippen LogP contribution < -0.4 is 5.32 Å². The Kier molecular flexibility index (Phi) is 2.57. The van der Waals surface area contributed by atoms with E-state index in [2.05, 4.69) is 25.2 Å². The average molecular weight is 237 g/mol. The lowest BCUT2D eigenvalue weighted by molar-refractivity contribution is -0.0870. The topological polar surface area (TPSA) is 21.3 Å². The van der Waals surface area contributed by atoms with Crippen LogP contribution in [0.3, 0.4) is 0 Å². The summed E-state index contributed by atoms with van der Waals surface area (Å²) in [6, 6.07) is 2.93. The van der Waals surface area contributed by atoms with Crippen molar-refractivity contribution in [2.24, 2.45) is 0 Å². The molecule has 0 aromatic carbocycles. The maximum absolute atomic E-state index is 6.18. The SMILES string of the molecule is Cc1cc2c(s1)CCOC21CCN[C@@H](C)C1. The normalized spacial score (nSPS) is 34.0. The number of aryl methyl sites for hydroxylation is 1. The molecule has 2 nitrogen and oxygen atoms in total. The lowest BCUT2D eigenvalue weighted by Crippen LogP contribution is -2.48. The van der Waals surface area contributed by atoms with Gasteiger partial charge in [0.1, 0.15) is 0 Å². The minimum atomic E-state index is 0.0308. The lowest BCUT2D eigenvalue weighted by atomic mass is 9.80. The molecule has 2 aliphatic heterocycles. The zero-order chi connectivity index (χ0) is 11.2. The summed E-state index contributed by atoms with van der Waals surface area (Å²) < 4.78 is 6.18. The first-order valence-corrected chi connectivity index (χ1v) is 6.98. The van der Waals surface area contributed by atoms with Gasteiger partial charge in [-0.05, 0) is 44.9 Å². The third kappa shape index (κ3) is 1.62. The monoisotopic (exact) mass is 237 g/mol. The Hall–Kier alpha value is -0.380. The van der Waals surface area contributed by atoms with E-state index in [9.17, 15) is 0 Å². The summed E-state index contributed by atoms with van der Waals surface area (Å²) in [6.45, 7) is 6.45. The Labute approximate surface area is 101 Å². The molecule has 0 saturated carbocycles. The fourth-order valence-electron chi connectivity index (χ4n) is 3.12. The molecule has 1 aromatic rings. The summed E-state index contributed by atoms with van der Waals surface area (Å²) in [6.07, 6.45) is 3.36. The fraction of sp³-hybridized carbons (Fsp3) is 0.692. The number of hydrogen-bond acceptors (Lipinski definition) is 3. The Morgan fingerprint density at radius 2 is 2.44 bits per heavy atom. The summed E-state index contributed by atoms with van der Waals surface area (Å²) in [4.78, 5) is 3.00. The Morgan fingerprint density at radius 3 is 3.25 bits per heavy atom. The van der Waals surface area contributed by atoms with Crippen molar-refractivity contribution in [2.75, 3.05) is 13.2 Å². The first kappa shape index (κ1) is 10.8. The van der Waals surface area contributed by atoms with Crippen LogP contribution in [0.2, 0.25) is 0 Å². The van der Waals surface area contributed by atoms with Crippen LogP contribution in [-0.2, 0) is 16.8 Å². The average Bonchev–Trinajstić information content (AvgIpc) is 2.60. The molecule has 1 fully saturated rings. The van der Waals surface area contributed by atoms with Crippen molar-refractivity contribution in [1.29, 1.82) is 0 Å². The molecular formula is C13H19NOS. The molecule has 3 heterocycles. The van der Waals surface area contributed by atoms with Gasteiger partial charge in [-0.1, -0.05) is 0 Å². The molecule has 2 aliphatic rings. The fourth-order valence-corrected chi connectivity index (χ4v) is 4.22. The second kappa shape index (κ2) is 3.83. The predicted molar refractivity (Wildman–Crippen MR) is 67.1 cm³/mol. The van der Waals surface area contributed by atoms with Crippen molar-refractivity contribution < 1.29 is 4.74 Å². The summed E-state index contributed by atoms with van der Waals surface area (Å²) in [7, 11) is 0. The van der Waals surface area contributed by atoms with Crippen molar-refractivity contribution in [2.45, 2.75) is 44.8 Å². The van der Waals surface area contributed by atoms with Gasteiger partial charge in [-0.15, -0.1) is 11.3 Å². The maximum Gasteiger partial charge on any atom is 0.0969 e. The van der Waals surface area contributed by atoms with Crippen LogP contribution in [0, 0.1) is 6.92 Å². The van der Waals surface area contributed by atoms with Crippen LogP contribution >= 0.6 is 11.3 Å². The Bertz CT molecular complexity index is 401. The maximum atomic E-state index is 6.18. The summed E-state index contributed by atoms with van der Waals surface area (Å²) in [5.74, 6) is 0. The van der Waals surface area contributed by atoms with Crippen molar-refractivity contribution in [3.63, 3.8) is 0 Å². The van der Waals surface area contributed by atoms with Crippen molar-refractivity contribution in [3.8, 4) is 0 Å². The molecule has 3 rings (SSSR count). The number of piperidine rings is 1. The van der Waals surface area contributed by atoms with E-state index in [0.717, 1.165) is 32.4 Å². The quantitative estimate of drug-likeness (QED) is 0.749. The second-order valence-electron chi connectivity index (χ2n) is 5.10. The Balaban J connectivity index is 2.02. The summed E-state index contributed by atoms with van der Waals surface area (Å²) in [5.41, 5.74) is 1.53. The van der Waals surface area contributed by atoms with Gasteiger partial charge in [0.05, 0.1) is 12.2 Å². The van der Waals surface area contributed by atoms with E-state index >= 15 is 0 Å². The molecule has 88 valence electrons. The highest BCUT2D eigenvalue weighted by Crippen LogP contribution is 2.44. The lowest BCUT2D eigenvalue weighted by Gasteiger charge is -2.43. The summed E-state index contributed by atoms with van der Waals surface area (Å²) in [5, 5.41) is 3.51. The molecule has 0 bridgehead atoms. The van der Waals surface area contributed by atoms with E-state index in [1.807, 2.05) is 11.3 Å². The molecule has 1 N–H and O–H groups in total. The van der Waals surface area contributed by atoms with Crippen molar-refractivity contribution in [3.05, 3.63) is 21.4 Å². The summed E-state index contributed by atoms with van der Waals surface area (Å²) >= 11 is 1.96. The van der Waals surface area contributed by atoms with Gasteiger partial charge >= 0.3 is 0 Å². The highest BCUT2D eigenvalue weighted by atomic mass is 32.1. The highest BCUT2D eigenvalue weighted by molar-refractivity contribution is 7.12. The van der Waals surface area contributed by atoms with E-state index in [4.69, 9.17) is 4.74 Å². The standard InChI is InChI=1S/C13H19NOS/c1-9-8-13(4-5-14-9)11-7-10(2)16-12(11)3-6-15-13/h7,9,14H,3-6,8H2,1-2H3/t9-,13?/m0/s1. The smallest absolute Gasteiger partial charge is 0.0969 e. The van der Waals surface area contributed by atoms with Crippen LogP contribution in [0.25, 0.3) is 0 Å². The van der Waals surface area contributed by atoms with Crippen LogP contribution in [0.15, 0.2) is 6.07 Å². The molecule has 1 spiro atoms. The molecule has 1 saturated heterocycles. The molecule has 1 aromatic heterocycles. The van der Waals surface area contributed by atoms with Gasteiger partial charge in [-0.25, -0.2) is 0 Å². The highest BCUT2D eigenvalue weighted by Gasteiger charge is 2.41. The molecule has 0 amide bonds. The van der Waals surface area contributed by atoms with E-state index in [1.54, 1.807) is 4.88 Å². The zero-order valence-electron chi connectivity index (χ0n) is 10.0. The largest absolute Gasteiger partial charge is 0.370 e. The van der Waals surface area contributed by atoms with Crippen LogP contribution in [0.1, 0.15) is 35.1 Å². The van der Waals surface area contributed by atoms with Gasteiger partial charge in [0, 0.05) is 22.2 Å². The molecule has 3 heteroatoms. The van der Waals surface area contributed by atoms with Gasteiger partial charge in [-0.3, -0.25) is 0 Å². The van der Waals surface area contributed by atoms with Gasteiger partial charge in [0.2, 0.25) is 0 Å². The number of ether oxygens (including phenoxy) is 1. The van der Waals surface area contributed by atoms with E-state index < -0.39 is 0 Å². The van der Waals surface area contributed by atoms with E-state index in [-0.39, 0.29) is 5.60 Å². The zero-order valence-corrected chi connectivity index (χ0v) is 10.8. The number of fused-ring (bicyclic) bond motifs is 2. The van der Waals surface area contributed by atoms with E-state index in [1.165, 1.54) is 10.4 Å². The molecule has 16 heavy (non-hydrogen) atoms. The Morgan fingerprint density at radius 1 is 1.56 bits per heavy atom. The van der Waals surface area contributed by atoms with Crippen molar-refractivity contribution >= 4 is 11.3 Å².